The highest BCUT2D eigenvalue weighted by Gasteiger charge is 2.17. The minimum atomic E-state index is 0.832. The van der Waals surface area contributed by atoms with Crippen LogP contribution in [0.1, 0.15) is 34.5 Å². The fourth-order valence-corrected chi connectivity index (χ4v) is 4.25. The van der Waals surface area contributed by atoms with Crippen molar-refractivity contribution < 1.29 is 4.74 Å². The summed E-state index contributed by atoms with van der Waals surface area (Å²) >= 11 is 0. The fourth-order valence-electron chi connectivity index (χ4n) is 4.25. The van der Waals surface area contributed by atoms with E-state index in [0.717, 1.165) is 68.5 Å². The Hall–Kier alpha value is -2.86. The van der Waals surface area contributed by atoms with Crippen LogP contribution in [0.15, 0.2) is 42.6 Å². The van der Waals surface area contributed by atoms with Crippen molar-refractivity contribution >= 4 is 5.82 Å². The Balaban J connectivity index is 1.45. The number of aromatic nitrogens is 3. The topological polar surface area (TPSA) is 57.3 Å². The van der Waals surface area contributed by atoms with E-state index in [1.165, 1.54) is 16.7 Å². The molecule has 30 heavy (non-hydrogen) atoms. The molecule has 0 saturated carbocycles. The first-order valence-corrected chi connectivity index (χ1v) is 10.7. The maximum atomic E-state index is 5.64. The zero-order valence-corrected chi connectivity index (χ0v) is 18.2. The van der Waals surface area contributed by atoms with Gasteiger partial charge in [-0.25, -0.2) is 4.98 Å². The normalized spacial score (nSPS) is 15.2. The quantitative estimate of drug-likeness (QED) is 0.677. The minimum absolute atomic E-state index is 0.832. The molecule has 3 heterocycles. The van der Waals surface area contributed by atoms with Gasteiger partial charge in [0, 0.05) is 56.6 Å². The Morgan fingerprint density at radius 1 is 1.07 bits per heavy atom. The van der Waals surface area contributed by atoms with Crippen LogP contribution in [0.4, 0.5) is 5.82 Å². The Morgan fingerprint density at radius 3 is 2.70 bits per heavy atom. The van der Waals surface area contributed by atoms with Gasteiger partial charge in [-0.15, -0.1) is 0 Å². The summed E-state index contributed by atoms with van der Waals surface area (Å²) in [6, 6.07) is 12.7. The molecule has 2 aromatic heterocycles. The Bertz CT molecular complexity index is 949. The number of aryl methyl sites for hydroxylation is 2. The van der Waals surface area contributed by atoms with Crippen LogP contribution in [0.25, 0.3) is 0 Å². The Kier molecular flexibility index (Phi) is 6.33. The molecule has 1 aliphatic heterocycles. The molecule has 0 amide bonds. The molecule has 1 aliphatic rings. The number of H-pyrrole nitrogens is 1. The third-order valence-electron chi connectivity index (χ3n) is 5.96. The van der Waals surface area contributed by atoms with Gasteiger partial charge in [0.05, 0.1) is 12.8 Å². The molecular weight excluding hydrogens is 374 g/mol. The second-order valence-corrected chi connectivity index (χ2v) is 8.04. The van der Waals surface area contributed by atoms with Crippen LogP contribution in [0.2, 0.25) is 0 Å². The highest BCUT2D eigenvalue weighted by molar-refractivity contribution is 5.42. The van der Waals surface area contributed by atoms with Crippen LogP contribution in [-0.4, -0.2) is 53.4 Å². The molecule has 158 valence electrons. The van der Waals surface area contributed by atoms with E-state index >= 15 is 0 Å². The molecule has 1 aromatic carbocycles. The first kappa shape index (κ1) is 20.4. The van der Waals surface area contributed by atoms with Crippen molar-refractivity contribution in [2.45, 2.75) is 33.2 Å². The molecule has 1 N–H and O–H groups in total. The highest BCUT2D eigenvalue weighted by Crippen LogP contribution is 2.26. The fraction of sp³-hybridized carbons (Fsp3) is 0.417. The molecule has 0 unspecified atom stereocenters. The lowest BCUT2D eigenvalue weighted by molar-refractivity contribution is 0.285. The van der Waals surface area contributed by atoms with Gasteiger partial charge < -0.3 is 9.64 Å². The van der Waals surface area contributed by atoms with Gasteiger partial charge in [0.1, 0.15) is 11.6 Å². The summed E-state index contributed by atoms with van der Waals surface area (Å²) in [5.74, 6) is 2.02. The van der Waals surface area contributed by atoms with Crippen molar-refractivity contribution in [3.05, 3.63) is 70.7 Å². The van der Waals surface area contributed by atoms with E-state index < -0.39 is 0 Å². The van der Waals surface area contributed by atoms with E-state index in [-0.39, 0.29) is 0 Å². The number of anilines is 1. The molecule has 0 bridgehead atoms. The van der Waals surface area contributed by atoms with Crippen molar-refractivity contribution in [2.75, 3.05) is 38.2 Å². The molecule has 0 spiro atoms. The third-order valence-corrected chi connectivity index (χ3v) is 5.96. The highest BCUT2D eigenvalue weighted by atomic mass is 16.5. The summed E-state index contributed by atoms with van der Waals surface area (Å²) in [7, 11) is 1.74. The van der Waals surface area contributed by atoms with Gasteiger partial charge in [0.15, 0.2) is 0 Å². The van der Waals surface area contributed by atoms with E-state index in [9.17, 15) is 0 Å². The molecule has 0 aliphatic carbocycles. The molecule has 3 aromatic rings. The molecule has 1 fully saturated rings. The first-order valence-electron chi connectivity index (χ1n) is 10.7. The van der Waals surface area contributed by atoms with Crippen molar-refractivity contribution in [3.8, 4) is 5.75 Å². The van der Waals surface area contributed by atoms with Crippen LogP contribution in [0.3, 0.4) is 0 Å². The third kappa shape index (κ3) is 4.65. The molecule has 0 atom stereocenters. The van der Waals surface area contributed by atoms with E-state index in [0.29, 0.717) is 0 Å². The van der Waals surface area contributed by atoms with Gasteiger partial charge in [-0.1, -0.05) is 18.2 Å². The number of pyridine rings is 1. The smallest absolute Gasteiger partial charge is 0.128 e. The van der Waals surface area contributed by atoms with Crippen molar-refractivity contribution in [3.63, 3.8) is 0 Å². The second-order valence-electron chi connectivity index (χ2n) is 8.04. The van der Waals surface area contributed by atoms with E-state index in [2.05, 4.69) is 69.2 Å². The molecule has 4 rings (SSSR count). The molecule has 6 heteroatoms. The monoisotopic (exact) mass is 405 g/mol. The number of hydrogen-bond donors (Lipinski definition) is 1. The van der Waals surface area contributed by atoms with Crippen LogP contribution in [-0.2, 0) is 13.0 Å². The van der Waals surface area contributed by atoms with Crippen LogP contribution >= 0.6 is 0 Å². The number of rotatable bonds is 6. The van der Waals surface area contributed by atoms with Gasteiger partial charge in [0.25, 0.3) is 0 Å². The standard InChI is InChI=1S/C24H31N5O/c1-18-22(19(2)27-26-18)16-21-15-20(8-9-23(21)30-3)17-28-11-6-12-29(14-13-28)24-7-4-5-10-25-24/h4-5,7-10,15H,6,11-14,16-17H2,1-3H3,(H,26,27). The average molecular weight is 406 g/mol. The van der Waals surface area contributed by atoms with Crippen LogP contribution < -0.4 is 9.64 Å². The number of aromatic amines is 1. The van der Waals surface area contributed by atoms with Crippen molar-refractivity contribution in [2.24, 2.45) is 0 Å². The summed E-state index contributed by atoms with van der Waals surface area (Å²) in [6.45, 7) is 9.29. The lowest BCUT2D eigenvalue weighted by Crippen LogP contribution is -2.30. The first-order chi connectivity index (χ1) is 14.6. The second kappa shape index (κ2) is 9.30. The average Bonchev–Trinajstić information content (AvgIpc) is 2.95. The molecule has 0 radical (unpaired) electrons. The minimum Gasteiger partial charge on any atom is -0.496 e. The Labute approximate surface area is 178 Å². The number of benzene rings is 1. The molecule has 1 saturated heterocycles. The maximum Gasteiger partial charge on any atom is 0.128 e. The zero-order valence-electron chi connectivity index (χ0n) is 18.2. The van der Waals surface area contributed by atoms with E-state index in [4.69, 9.17) is 4.74 Å². The summed E-state index contributed by atoms with van der Waals surface area (Å²) in [5.41, 5.74) is 5.99. The van der Waals surface area contributed by atoms with Crippen LogP contribution in [0, 0.1) is 13.8 Å². The lowest BCUT2D eigenvalue weighted by Gasteiger charge is -2.23. The molecular formula is C24H31N5O. The Morgan fingerprint density at radius 2 is 1.97 bits per heavy atom. The van der Waals surface area contributed by atoms with Gasteiger partial charge in [-0.05, 0) is 49.6 Å². The van der Waals surface area contributed by atoms with Crippen LogP contribution in [0.5, 0.6) is 5.75 Å². The van der Waals surface area contributed by atoms with Gasteiger partial charge in [-0.2, -0.15) is 5.10 Å². The van der Waals surface area contributed by atoms with Gasteiger partial charge >= 0.3 is 0 Å². The van der Waals surface area contributed by atoms with Gasteiger partial charge in [0.2, 0.25) is 0 Å². The largest absolute Gasteiger partial charge is 0.496 e. The summed E-state index contributed by atoms with van der Waals surface area (Å²) in [6.07, 6.45) is 3.85. The number of nitrogens with one attached hydrogen (secondary N) is 1. The zero-order chi connectivity index (χ0) is 20.9. The summed E-state index contributed by atoms with van der Waals surface area (Å²) < 4.78 is 5.64. The molecule has 6 nitrogen and oxygen atoms in total. The number of hydrogen-bond acceptors (Lipinski definition) is 5. The predicted molar refractivity (Wildman–Crippen MR) is 120 cm³/mol. The predicted octanol–water partition coefficient (Wildman–Crippen LogP) is 3.73. The number of ether oxygens (including phenoxy) is 1. The number of nitrogens with zero attached hydrogens (tertiary/aromatic N) is 4. The van der Waals surface area contributed by atoms with E-state index in [1.54, 1.807) is 7.11 Å². The van der Waals surface area contributed by atoms with E-state index in [1.807, 2.05) is 12.3 Å². The van der Waals surface area contributed by atoms with Crippen molar-refractivity contribution in [1.82, 2.24) is 20.1 Å². The number of methoxy groups -OCH3 is 1. The summed E-state index contributed by atoms with van der Waals surface area (Å²) in [4.78, 5) is 9.46. The SMILES string of the molecule is COc1ccc(CN2CCCN(c3ccccn3)CC2)cc1Cc1c(C)n[nH]c1C. The summed E-state index contributed by atoms with van der Waals surface area (Å²) in [5, 5.41) is 7.43. The maximum absolute atomic E-state index is 5.64. The van der Waals surface area contributed by atoms with Crippen molar-refractivity contribution in [1.29, 1.82) is 0 Å². The lowest BCUT2D eigenvalue weighted by atomic mass is 10.00. The van der Waals surface area contributed by atoms with Gasteiger partial charge in [-0.3, -0.25) is 10.00 Å².